The van der Waals surface area contributed by atoms with Gasteiger partial charge >= 0.3 is 0 Å². The van der Waals surface area contributed by atoms with Gasteiger partial charge < -0.3 is 0 Å². The summed E-state index contributed by atoms with van der Waals surface area (Å²) < 4.78 is 7.84. The Morgan fingerprint density at radius 2 is 2.09 bits per heavy atom. The van der Waals surface area contributed by atoms with E-state index in [9.17, 15) is 0 Å². The molecule has 0 spiro atoms. The van der Waals surface area contributed by atoms with Gasteiger partial charge in [0.1, 0.15) is 4.01 Å². The van der Waals surface area contributed by atoms with Crippen LogP contribution < -0.4 is 0 Å². The molecule has 0 amide bonds. The highest BCUT2D eigenvalue weighted by Gasteiger charge is 2.12. The molecule has 2 aromatic rings. The molecule has 0 fully saturated rings. The van der Waals surface area contributed by atoms with Gasteiger partial charge in [0.15, 0.2) is 0 Å². The summed E-state index contributed by atoms with van der Waals surface area (Å²) in [5.41, 5.74) is 1.11. The van der Waals surface area contributed by atoms with Crippen LogP contribution in [0, 0.1) is 6.92 Å². The van der Waals surface area contributed by atoms with E-state index in [1.54, 1.807) is 22.9 Å². The zero-order chi connectivity index (χ0) is 8.01. The molecule has 0 aliphatic rings. The van der Waals surface area contributed by atoms with Crippen molar-refractivity contribution in [3.63, 3.8) is 0 Å². The van der Waals surface area contributed by atoms with E-state index >= 15 is 0 Å². The molecular formula is C6H3Br2NS2. The van der Waals surface area contributed by atoms with Gasteiger partial charge in [0.2, 0.25) is 0 Å². The van der Waals surface area contributed by atoms with Crippen molar-refractivity contribution in [1.82, 2.24) is 4.37 Å². The molecule has 0 N–H and O–H groups in total. The fourth-order valence-corrected chi connectivity index (χ4v) is 4.76. The van der Waals surface area contributed by atoms with E-state index in [4.69, 9.17) is 0 Å². The predicted molar refractivity (Wildman–Crippen MR) is 57.6 cm³/mol. The molecule has 11 heavy (non-hydrogen) atoms. The smallest absolute Gasteiger partial charge is 0.110 e. The second-order valence-electron chi connectivity index (χ2n) is 2.12. The number of halogens is 2. The van der Waals surface area contributed by atoms with Crippen LogP contribution in [-0.2, 0) is 0 Å². The van der Waals surface area contributed by atoms with Gasteiger partial charge in [-0.25, -0.2) is 0 Å². The molecule has 2 aromatic heterocycles. The van der Waals surface area contributed by atoms with Crippen LogP contribution in [0.3, 0.4) is 0 Å². The topological polar surface area (TPSA) is 12.9 Å². The molecule has 0 radical (unpaired) electrons. The van der Waals surface area contributed by atoms with Crippen LogP contribution in [0.2, 0.25) is 0 Å². The highest BCUT2D eigenvalue weighted by Crippen LogP contribution is 2.42. The Bertz CT molecular complexity index is 404. The predicted octanol–water partition coefficient (Wildman–Crippen LogP) is 4.19. The molecule has 0 aliphatic carbocycles. The van der Waals surface area contributed by atoms with Crippen LogP contribution in [-0.4, -0.2) is 4.37 Å². The number of aryl methyl sites for hydroxylation is 1. The van der Waals surface area contributed by atoms with Gasteiger partial charge in [-0.15, -0.1) is 11.3 Å². The van der Waals surface area contributed by atoms with E-state index in [2.05, 4.69) is 36.2 Å². The van der Waals surface area contributed by atoms with Gasteiger partial charge in [0.05, 0.1) is 14.0 Å². The maximum absolute atomic E-state index is 4.26. The van der Waals surface area contributed by atoms with E-state index in [1.165, 1.54) is 9.40 Å². The van der Waals surface area contributed by atoms with Crippen LogP contribution in [0.15, 0.2) is 8.26 Å². The summed E-state index contributed by atoms with van der Waals surface area (Å²) >= 11 is 10.3. The zero-order valence-electron chi connectivity index (χ0n) is 5.52. The molecule has 2 rings (SSSR count). The minimum Gasteiger partial charge on any atom is -0.196 e. The fraction of sp³-hybridized carbons (Fsp3) is 0.167. The van der Waals surface area contributed by atoms with Gasteiger partial charge in [-0.1, -0.05) is 0 Å². The Hall–Kier alpha value is 0.550. The van der Waals surface area contributed by atoms with Crippen LogP contribution in [0.4, 0.5) is 0 Å². The Kier molecular flexibility index (Phi) is 2.07. The van der Waals surface area contributed by atoms with E-state index in [1.807, 2.05) is 6.92 Å². The Morgan fingerprint density at radius 1 is 1.36 bits per heavy atom. The third-order valence-electron chi connectivity index (χ3n) is 1.41. The average Bonchev–Trinajstić information content (AvgIpc) is 2.41. The number of hydrogen-bond donors (Lipinski definition) is 0. The maximum Gasteiger partial charge on any atom is 0.110 e. The van der Waals surface area contributed by atoms with Crippen molar-refractivity contribution in [2.24, 2.45) is 0 Å². The van der Waals surface area contributed by atoms with E-state index in [-0.39, 0.29) is 0 Å². The summed E-state index contributed by atoms with van der Waals surface area (Å²) in [6.07, 6.45) is 0. The third-order valence-corrected chi connectivity index (χ3v) is 5.86. The molecule has 0 saturated carbocycles. The van der Waals surface area contributed by atoms with E-state index < -0.39 is 0 Å². The molecule has 0 unspecified atom stereocenters. The number of fused-ring (bicyclic) bond motifs is 1. The van der Waals surface area contributed by atoms with Crippen LogP contribution in [0.5, 0.6) is 0 Å². The Balaban J connectivity index is 2.95. The Morgan fingerprint density at radius 3 is 2.73 bits per heavy atom. The van der Waals surface area contributed by atoms with Gasteiger partial charge in [-0.2, -0.15) is 4.37 Å². The first-order valence-corrected chi connectivity index (χ1v) is 6.07. The first-order valence-electron chi connectivity index (χ1n) is 2.90. The monoisotopic (exact) mass is 311 g/mol. The summed E-state index contributed by atoms with van der Waals surface area (Å²) in [4.78, 5) is 0. The minimum atomic E-state index is 1.11. The first kappa shape index (κ1) is 8.16. The standard InChI is InChI=1S/C6H3Br2NS2/c1-2-3-4(7)5(8)10-6(3)11-9-2/h1H3. The first-order chi connectivity index (χ1) is 5.20. The second-order valence-corrected chi connectivity index (χ2v) is 6.28. The Labute approximate surface area is 88.9 Å². The van der Waals surface area contributed by atoms with Crippen molar-refractivity contribution in [1.29, 1.82) is 0 Å². The quantitative estimate of drug-likeness (QED) is 0.711. The molecule has 0 aromatic carbocycles. The maximum atomic E-state index is 4.26. The van der Waals surface area contributed by atoms with E-state index in [0.29, 0.717) is 0 Å². The van der Waals surface area contributed by atoms with Gasteiger partial charge in [0, 0.05) is 5.39 Å². The lowest BCUT2D eigenvalue weighted by molar-refractivity contribution is 1.37. The van der Waals surface area contributed by atoms with Crippen molar-refractivity contribution >= 4 is 64.1 Å². The normalized spacial score (nSPS) is 11.2. The second kappa shape index (κ2) is 2.80. The molecule has 0 aliphatic heterocycles. The van der Waals surface area contributed by atoms with E-state index in [0.717, 1.165) is 14.0 Å². The minimum absolute atomic E-state index is 1.11. The van der Waals surface area contributed by atoms with Crippen molar-refractivity contribution < 1.29 is 0 Å². The van der Waals surface area contributed by atoms with Crippen molar-refractivity contribution in [3.05, 3.63) is 14.0 Å². The molecule has 5 heteroatoms. The summed E-state index contributed by atoms with van der Waals surface area (Å²) in [7, 11) is 0. The number of nitrogens with zero attached hydrogens (tertiary/aromatic N) is 1. The van der Waals surface area contributed by atoms with Gasteiger partial charge in [-0.05, 0) is 50.3 Å². The number of hydrogen-bond acceptors (Lipinski definition) is 3. The van der Waals surface area contributed by atoms with Crippen molar-refractivity contribution in [2.45, 2.75) is 6.92 Å². The summed E-state index contributed by atoms with van der Waals surface area (Å²) in [5.74, 6) is 0. The van der Waals surface area contributed by atoms with Gasteiger partial charge in [-0.3, -0.25) is 0 Å². The molecule has 0 atom stereocenters. The highest BCUT2D eigenvalue weighted by molar-refractivity contribution is 9.13. The lowest BCUT2D eigenvalue weighted by Gasteiger charge is -1.84. The zero-order valence-corrected chi connectivity index (χ0v) is 10.3. The molecular weight excluding hydrogens is 310 g/mol. The largest absolute Gasteiger partial charge is 0.196 e. The lowest BCUT2D eigenvalue weighted by atomic mass is 10.3. The van der Waals surface area contributed by atoms with Crippen LogP contribution in [0.25, 0.3) is 9.40 Å². The molecule has 1 nitrogen and oxygen atoms in total. The molecule has 0 bridgehead atoms. The van der Waals surface area contributed by atoms with Crippen molar-refractivity contribution in [3.8, 4) is 0 Å². The number of thiophene rings is 1. The SMILES string of the molecule is Cc1nsc2sc(Br)c(Br)c12. The highest BCUT2D eigenvalue weighted by atomic mass is 79.9. The van der Waals surface area contributed by atoms with Crippen LogP contribution >= 0.6 is 54.7 Å². The van der Waals surface area contributed by atoms with Crippen molar-refractivity contribution in [2.75, 3.05) is 0 Å². The summed E-state index contributed by atoms with van der Waals surface area (Å²) in [6.45, 7) is 2.03. The summed E-state index contributed by atoms with van der Waals surface area (Å²) in [5, 5.41) is 1.26. The number of aromatic nitrogens is 1. The van der Waals surface area contributed by atoms with Gasteiger partial charge in [0.25, 0.3) is 0 Å². The van der Waals surface area contributed by atoms with Crippen LogP contribution in [0.1, 0.15) is 5.69 Å². The average molecular weight is 313 g/mol. The fourth-order valence-electron chi connectivity index (χ4n) is 0.891. The lowest BCUT2D eigenvalue weighted by Crippen LogP contribution is -1.66. The molecule has 58 valence electrons. The molecule has 2 heterocycles. The molecule has 0 saturated heterocycles. The number of rotatable bonds is 0. The third kappa shape index (κ3) is 1.18. The summed E-state index contributed by atoms with van der Waals surface area (Å²) in [6, 6.07) is 0.